The van der Waals surface area contributed by atoms with E-state index in [0.717, 1.165) is 10.0 Å². The number of rotatable bonds is 2. The summed E-state index contributed by atoms with van der Waals surface area (Å²) in [4.78, 5) is 0. The van der Waals surface area contributed by atoms with Gasteiger partial charge in [-0.1, -0.05) is 45.7 Å². The Kier molecular flexibility index (Phi) is 3.69. The number of hydrogen-bond donors (Lipinski definition) is 2. The normalized spacial score (nSPS) is 10.8. The van der Waals surface area contributed by atoms with E-state index >= 15 is 0 Å². The number of aromatic amines is 1. The van der Waals surface area contributed by atoms with Gasteiger partial charge in [-0.15, -0.1) is 0 Å². The molecule has 0 unspecified atom stereocenters. The number of anilines is 1. The third-order valence-corrected chi connectivity index (χ3v) is 3.97. The molecule has 6 heteroatoms. The number of hydrogen-bond acceptors (Lipinski definition) is 2. The van der Waals surface area contributed by atoms with E-state index in [1.807, 2.05) is 24.3 Å². The summed E-state index contributed by atoms with van der Waals surface area (Å²) in [6.07, 6.45) is 0. The maximum atomic E-state index is 14.2. The second-order valence-electron chi connectivity index (χ2n) is 4.47. The first kappa shape index (κ1) is 14.1. The molecule has 0 saturated carbocycles. The fourth-order valence-corrected chi connectivity index (χ4v) is 2.60. The highest BCUT2D eigenvalue weighted by atomic mass is 79.9. The lowest BCUT2D eigenvalue weighted by Gasteiger charge is -2.07. The number of H-pyrrole nitrogens is 1. The monoisotopic (exact) mass is 365 g/mol. The molecular formula is C15H10BrClFN3. The van der Waals surface area contributed by atoms with Gasteiger partial charge >= 0.3 is 0 Å². The van der Waals surface area contributed by atoms with Crippen LogP contribution in [0, 0.1) is 5.82 Å². The van der Waals surface area contributed by atoms with Crippen molar-refractivity contribution in [3.05, 3.63) is 57.8 Å². The molecule has 0 saturated heterocycles. The van der Waals surface area contributed by atoms with Crippen molar-refractivity contribution < 1.29 is 4.39 Å². The summed E-state index contributed by atoms with van der Waals surface area (Å²) in [5.74, 6) is -0.187. The van der Waals surface area contributed by atoms with Crippen molar-refractivity contribution in [2.75, 3.05) is 5.73 Å². The minimum absolute atomic E-state index is 0.0578. The standard InChI is InChI=1S/C15H10BrClFN3/c16-9-6-4-8(5-7-9)12-14(20-21-15(12)19)10-2-1-3-11(17)13(10)18/h1-7H,(H3,19,20,21). The lowest BCUT2D eigenvalue weighted by molar-refractivity contribution is 0.631. The molecule has 2 aromatic carbocycles. The molecule has 21 heavy (non-hydrogen) atoms. The fourth-order valence-electron chi connectivity index (χ4n) is 2.16. The molecule has 1 aromatic heterocycles. The van der Waals surface area contributed by atoms with Crippen LogP contribution in [0.15, 0.2) is 46.9 Å². The van der Waals surface area contributed by atoms with Gasteiger partial charge in [0.05, 0.1) is 16.3 Å². The van der Waals surface area contributed by atoms with E-state index in [4.69, 9.17) is 17.3 Å². The van der Waals surface area contributed by atoms with Gasteiger partial charge in [0.15, 0.2) is 11.6 Å². The van der Waals surface area contributed by atoms with Crippen molar-refractivity contribution in [1.82, 2.24) is 10.2 Å². The van der Waals surface area contributed by atoms with Crippen LogP contribution in [0.1, 0.15) is 0 Å². The van der Waals surface area contributed by atoms with Gasteiger partial charge in [0.2, 0.25) is 0 Å². The Balaban J connectivity index is 2.22. The number of nitrogens with one attached hydrogen (secondary N) is 1. The molecule has 0 bridgehead atoms. The van der Waals surface area contributed by atoms with Crippen LogP contribution < -0.4 is 5.73 Å². The molecule has 0 spiro atoms. The van der Waals surface area contributed by atoms with Crippen LogP contribution in [0.2, 0.25) is 5.02 Å². The number of nitrogens with zero attached hydrogens (tertiary/aromatic N) is 1. The molecule has 0 aliphatic heterocycles. The Labute approximate surface area is 134 Å². The van der Waals surface area contributed by atoms with Crippen LogP contribution in [-0.2, 0) is 0 Å². The molecule has 106 valence electrons. The van der Waals surface area contributed by atoms with E-state index in [-0.39, 0.29) is 5.02 Å². The van der Waals surface area contributed by atoms with Crippen molar-refractivity contribution in [2.24, 2.45) is 0 Å². The third-order valence-electron chi connectivity index (χ3n) is 3.15. The Morgan fingerprint density at radius 3 is 2.57 bits per heavy atom. The van der Waals surface area contributed by atoms with E-state index < -0.39 is 5.82 Å². The summed E-state index contributed by atoms with van der Waals surface area (Å²) >= 11 is 9.22. The van der Waals surface area contributed by atoms with Crippen molar-refractivity contribution in [2.45, 2.75) is 0 Å². The second-order valence-corrected chi connectivity index (χ2v) is 5.79. The van der Waals surface area contributed by atoms with E-state index in [1.54, 1.807) is 12.1 Å². The molecule has 3 N–H and O–H groups in total. The maximum Gasteiger partial charge on any atom is 0.153 e. The summed E-state index contributed by atoms with van der Waals surface area (Å²) in [5, 5.41) is 6.84. The zero-order valence-electron chi connectivity index (χ0n) is 10.7. The second kappa shape index (κ2) is 5.50. The molecule has 3 aromatic rings. The number of aromatic nitrogens is 2. The van der Waals surface area contributed by atoms with E-state index in [0.29, 0.717) is 22.6 Å². The Morgan fingerprint density at radius 1 is 1.14 bits per heavy atom. The van der Waals surface area contributed by atoms with Crippen molar-refractivity contribution >= 4 is 33.3 Å². The summed E-state index contributed by atoms with van der Waals surface area (Å²) in [5.41, 5.74) is 8.28. The molecular weight excluding hydrogens is 357 g/mol. The van der Waals surface area contributed by atoms with E-state index in [2.05, 4.69) is 26.1 Å². The zero-order valence-corrected chi connectivity index (χ0v) is 13.0. The Hall–Kier alpha value is -1.85. The predicted octanol–water partition coefficient (Wildman–Crippen LogP) is 4.88. The van der Waals surface area contributed by atoms with Gasteiger partial charge in [-0.2, -0.15) is 5.10 Å². The van der Waals surface area contributed by atoms with Gasteiger partial charge in [0.1, 0.15) is 0 Å². The molecule has 0 aliphatic carbocycles. The van der Waals surface area contributed by atoms with Crippen LogP contribution >= 0.6 is 27.5 Å². The van der Waals surface area contributed by atoms with Crippen LogP contribution in [0.3, 0.4) is 0 Å². The first-order chi connectivity index (χ1) is 10.1. The highest BCUT2D eigenvalue weighted by molar-refractivity contribution is 9.10. The average Bonchev–Trinajstić information content (AvgIpc) is 2.85. The van der Waals surface area contributed by atoms with Crippen LogP contribution in [0.4, 0.5) is 10.2 Å². The minimum atomic E-state index is -0.499. The molecule has 3 rings (SSSR count). The molecule has 0 radical (unpaired) electrons. The first-order valence-electron chi connectivity index (χ1n) is 6.12. The lowest BCUT2D eigenvalue weighted by Crippen LogP contribution is -1.90. The maximum absolute atomic E-state index is 14.2. The number of benzene rings is 2. The molecule has 3 nitrogen and oxygen atoms in total. The predicted molar refractivity (Wildman–Crippen MR) is 86.5 cm³/mol. The van der Waals surface area contributed by atoms with Gasteiger partial charge in [-0.3, -0.25) is 5.10 Å². The van der Waals surface area contributed by atoms with Crippen LogP contribution in [0.5, 0.6) is 0 Å². The topological polar surface area (TPSA) is 54.7 Å². The summed E-state index contributed by atoms with van der Waals surface area (Å²) < 4.78 is 15.2. The number of nitrogens with two attached hydrogens (primary N) is 1. The zero-order chi connectivity index (χ0) is 15.0. The van der Waals surface area contributed by atoms with Gasteiger partial charge in [0, 0.05) is 10.0 Å². The smallest absolute Gasteiger partial charge is 0.153 e. The first-order valence-corrected chi connectivity index (χ1v) is 7.29. The number of nitrogen functional groups attached to an aromatic ring is 1. The SMILES string of the molecule is Nc1n[nH]c(-c2cccc(Cl)c2F)c1-c1ccc(Br)cc1. The van der Waals surface area contributed by atoms with Crippen molar-refractivity contribution in [3.63, 3.8) is 0 Å². The van der Waals surface area contributed by atoms with Gasteiger partial charge in [-0.05, 0) is 29.8 Å². The summed E-state index contributed by atoms with van der Waals surface area (Å²) in [6.45, 7) is 0. The highest BCUT2D eigenvalue weighted by Crippen LogP contribution is 2.37. The summed E-state index contributed by atoms with van der Waals surface area (Å²) in [7, 11) is 0. The van der Waals surface area contributed by atoms with Crippen LogP contribution in [-0.4, -0.2) is 10.2 Å². The highest BCUT2D eigenvalue weighted by Gasteiger charge is 2.18. The van der Waals surface area contributed by atoms with Gasteiger partial charge < -0.3 is 5.73 Å². The molecule has 0 fully saturated rings. The minimum Gasteiger partial charge on any atom is -0.382 e. The third kappa shape index (κ3) is 2.54. The summed E-state index contributed by atoms with van der Waals surface area (Å²) in [6, 6.07) is 12.4. The Bertz CT molecular complexity index is 799. The number of halogens is 3. The lowest BCUT2D eigenvalue weighted by atomic mass is 10.0. The van der Waals surface area contributed by atoms with E-state index in [1.165, 1.54) is 6.07 Å². The molecule has 0 aliphatic rings. The quantitative estimate of drug-likeness (QED) is 0.679. The Morgan fingerprint density at radius 2 is 1.86 bits per heavy atom. The fraction of sp³-hybridized carbons (Fsp3) is 0. The van der Waals surface area contributed by atoms with Gasteiger partial charge in [0.25, 0.3) is 0 Å². The average molecular weight is 367 g/mol. The molecule has 0 amide bonds. The van der Waals surface area contributed by atoms with E-state index in [9.17, 15) is 4.39 Å². The van der Waals surface area contributed by atoms with Crippen LogP contribution in [0.25, 0.3) is 22.4 Å². The van der Waals surface area contributed by atoms with Crippen molar-refractivity contribution in [3.8, 4) is 22.4 Å². The molecule has 0 atom stereocenters. The molecule has 1 heterocycles. The van der Waals surface area contributed by atoms with Crippen molar-refractivity contribution in [1.29, 1.82) is 0 Å². The largest absolute Gasteiger partial charge is 0.382 e. The van der Waals surface area contributed by atoms with Gasteiger partial charge in [-0.25, -0.2) is 4.39 Å².